The molecule has 2 N–H and O–H groups in total. The first-order valence-electron chi connectivity index (χ1n) is 12.9. The van der Waals surface area contributed by atoms with Crippen LogP contribution in [-0.2, 0) is 28.1 Å². The van der Waals surface area contributed by atoms with E-state index in [-0.39, 0.29) is 31.2 Å². The lowest BCUT2D eigenvalue weighted by molar-refractivity contribution is -0.127. The van der Waals surface area contributed by atoms with Crippen molar-refractivity contribution >= 4 is 34.6 Å². The number of nitrogens with zero attached hydrogens (tertiary/aromatic N) is 4. The number of methoxy groups -OCH3 is 1. The molecule has 5 heterocycles. The number of imide groups is 1. The zero-order valence-corrected chi connectivity index (χ0v) is 21.8. The summed E-state index contributed by atoms with van der Waals surface area (Å²) in [5.41, 5.74) is 1.67. The lowest BCUT2D eigenvalue weighted by Crippen LogP contribution is -2.46. The second kappa shape index (κ2) is 10.1. The summed E-state index contributed by atoms with van der Waals surface area (Å²) in [6.07, 6.45) is 1.55. The molecule has 6 rings (SSSR count). The second-order valence-electron chi connectivity index (χ2n) is 9.95. The maximum Gasteiger partial charge on any atom is 0.254 e. The van der Waals surface area contributed by atoms with Crippen molar-refractivity contribution in [2.75, 3.05) is 31.7 Å². The summed E-state index contributed by atoms with van der Waals surface area (Å²) in [5.74, 6) is 0.223. The number of nitrogens with one attached hydrogen (secondary N) is 1. The van der Waals surface area contributed by atoms with E-state index >= 15 is 0 Å². The summed E-state index contributed by atoms with van der Waals surface area (Å²) in [7, 11) is 1.53. The Morgan fingerprint density at radius 1 is 1.15 bits per heavy atom. The van der Waals surface area contributed by atoms with Crippen molar-refractivity contribution in [2.45, 2.75) is 24.9 Å². The van der Waals surface area contributed by atoms with E-state index in [1.54, 1.807) is 41.4 Å². The Morgan fingerprint density at radius 2 is 2.02 bits per heavy atom. The lowest BCUT2D eigenvalue weighted by atomic mass is 9.82. The summed E-state index contributed by atoms with van der Waals surface area (Å²) in [6, 6.07) is 16.1. The minimum atomic E-state index is -1.40. The quantitative estimate of drug-likeness (QED) is 0.305. The molecule has 11 nitrogen and oxygen atoms in total. The van der Waals surface area contributed by atoms with E-state index < -0.39 is 17.2 Å². The largest absolute Gasteiger partial charge is 0.497 e. The molecule has 11 heteroatoms. The highest BCUT2D eigenvalue weighted by Gasteiger charge is 2.53. The van der Waals surface area contributed by atoms with Crippen LogP contribution in [0.25, 0.3) is 11.1 Å². The molecule has 1 fully saturated rings. The number of rotatable bonds is 9. The van der Waals surface area contributed by atoms with Crippen molar-refractivity contribution in [2.24, 2.45) is 0 Å². The average molecular weight is 542 g/mol. The number of hydrogen-bond acceptors (Lipinski definition) is 9. The minimum Gasteiger partial charge on any atom is -0.497 e. The highest BCUT2D eigenvalue weighted by molar-refractivity contribution is 6.10. The maximum atomic E-state index is 13.3. The van der Waals surface area contributed by atoms with Gasteiger partial charge in [-0.05, 0) is 42.0 Å². The van der Waals surface area contributed by atoms with E-state index in [0.29, 0.717) is 47.9 Å². The van der Waals surface area contributed by atoms with Crippen LogP contribution in [0.2, 0.25) is 0 Å². The lowest BCUT2D eigenvalue weighted by Gasteiger charge is -2.28. The Morgan fingerprint density at radius 3 is 2.75 bits per heavy atom. The van der Waals surface area contributed by atoms with Crippen LogP contribution in [0.3, 0.4) is 0 Å². The van der Waals surface area contributed by atoms with Crippen LogP contribution in [0.5, 0.6) is 5.75 Å². The summed E-state index contributed by atoms with van der Waals surface area (Å²) in [4.78, 5) is 51.6. The number of anilines is 1. The molecule has 0 aliphatic carbocycles. The average Bonchev–Trinajstić information content (AvgIpc) is 3.61. The van der Waals surface area contributed by atoms with Crippen molar-refractivity contribution in [3.63, 3.8) is 0 Å². The van der Waals surface area contributed by atoms with E-state index in [4.69, 9.17) is 14.1 Å². The van der Waals surface area contributed by atoms with Gasteiger partial charge in [-0.3, -0.25) is 24.7 Å². The third kappa shape index (κ3) is 4.43. The van der Waals surface area contributed by atoms with Gasteiger partial charge in [-0.15, -0.1) is 0 Å². The Labute approximate surface area is 229 Å². The van der Waals surface area contributed by atoms with Gasteiger partial charge in [-0.25, -0.2) is 4.98 Å². The van der Waals surface area contributed by atoms with E-state index in [2.05, 4.69) is 10.3 Å². The molecule has 1 aromatic carbocycles. The van der Waals surface area contributed by atoms with Gasteiger partial charge in [0.15, 0.2) is 5.58 Å². The number of amides is 3. The van der Waals surface area contributed by atoms with Crippen LogP contribution >= 0.6 is 0 Å². The molecule has 3 aromatic heterocycles. The van der Waals surface area contributed by atoms with Gasteiger partial charge in [0.05, 0.1) is 32.4 Å². The number of aromatic nitrogens is 2. The van der Waals surface area contributed by atoms with E-state index in [1.165, 1.54) is 7.11 Å². The molecule has 3 amide bonds. The van der Waals surface area contributed by atoms with Gasteiger partial charge in [0.1, 0.15) is 28.3 Å². The number of aliphatic hydroxyl groups is 1. The number of furan rings is 1. The fourth-order valence-corrected chi connectivity index (χ4v) is 5.38. The summed E-state index contributed by atoms with van der Waals surface area (Å²) in [6.45, 7) is 0.959. The molecular weight excluding hydrogens is 514 g/mol. The molecule has 0 unspecified atom stereocenters. The third-order valence-electron chi connectivity index (χ3n) is 7.41. The number of ether oxygens (including phenoxy) is 1. The number of hydrogen-bond donors (Lipinski definition) is 2. The van der Waals surface area contributed by atoms with Gasteiger partial charge < -0.3 is 24.1 Å². The number of carbonyl (C=O) groups excluding carboxylic acids is 3. The summed E-state index contributed by atoms with van der Waals surface area (Å²) in [5, 5.41) is 12.0. The normalized spacial score (nSPS) is 18.4. The monoisotopic (exact) mass is 541 g/mol. The number of pyridine rings is 2. The summed E-state index contributed by atoms with van der Waals surface area (Å²) >= 11 is 0. The number of fused-ring (bicyclic) bond motifs is 2. The zero-order valence-electron chi connectivity index (χ0n) is 21.8. The number of carbonyl (C=O) groups is 3. The first-order valence-corrected chi connectivity index (χ1v) is 12.9. The maximum absolute atomic E-state index is 13.3. The predicted molar refractivity (Wildman–Crippen MR) is 144 cm³/mol. The first kappa shape index (κ1) is 25.5. The van der Waals surface area contributed by atoms with E-state index in [0.717, 1.165) is 11.3 Å². The van der Waals surface area contributed by atoms with Crippen molar-refractivity contribution in [1.82, 2.24) is 20.2 Å². The van der Waals surface area contributed by atoms with Crippen LogP contribution in [-0.4, -0.2) is 64.5 Å². The van der Waals surface area contributed by atoms with Crippen LogP contribution in [0, 0.1) is 0 Å². The summed E-state index contributed by atoms with van der Waals surface area (Å²) < 4.78 is 11.4. The molecule has 204 valence electrons. The molecule has 4 aromatic rings. The van der Waals surface area contributed by atoms with Crippen LogP contribution in [0.15, 0.2) is 65.2 Å². The zero-order chi connectivity index (χ0) is 27.9. The second-order valence-corrected chi connectivity index (χ2v) is 9.95. The molecule has 40 heavy (non-hydrogen) atoms. The Bertz CT molecular complexity index is 1620. The highest BCUT2D eigenvalue weighted by Crippen LogP contribution is 2.39. The molecule has 0 radical (unpaired) electrons. The van der Waals surface area contributed by atoms with Crippen LogP contribution < -0.4 is 15.0 Å². The number of benzene rings is 1. The van der Waals surface area contributed by atoms with Gasteiger partial charge in [0.2, 0.25) is 11.8 Å². The predicted octanol–water partition coefficient (Wildman–Crippen LogP) is 2.17. The van der Waals surface area contributed by atoms with Crippen molar-refractivity contribution < 1.29 is 28.6 Å². The Balaban J connectivity index is 1.33. The van der Waals surface area contributed by atoms with Gasteiger partial charge in [0.25, 0.3) is 5.91 Å². The molecule has 0 saturated carbocycles. The number of aliphatic hydroxyl groups excluding tert-OH is 1. The third-order valence-corrected chi connectivity index (χ3v) is 7.41. The van der Waals surface area contributed by atoms with Crippen LogP contribution in [0.1, 0.15) is 33.8 Å². The van der Waals surface area contributed by atoms with Crippen molar-refractivity contribution in [3.8, 4) is 5.75 Å². The molecule has 2 aliphatic heterocycles. The van der Waals surface area contributed by atoms with Crippen molar-refractivity contribution in [3.05, 3.63) is 83.4 Å². The van der Waals surface area contributed by atoms with Gasteiger partial charge in [0, 0.05) is 37.5 Å². The van der Waals surface area contributed by atoms with Crippen molar-refractivity contribution in [1.29, 1.82) is 0 Å². The molecule has 0 spiro atoms. The van der Waals surface area contributed by atoms with Gasteiger partial charge in [-0.1, -0.05) is 12.1 Å². The SMILES string of the molecule is COc1ccc2c(c1)C(=O)N(C[C@@]1(c3cc4nc(N(CCO)Cc5ccccn5)ccc4o3)CC(=O)NC1=O)C2. The van der Waals surface area contributed by atoms with Gasteiger partial charge >= 0.3 is 0 Å². The van der Waals surface area contributed by atoms with Gasteiger partial charge in [-0.2, -0.15) is 0 Å². The molecule has 1 atom stereocenters. The fraction of sp³-hybridized carbons (Fsp3) is 0.276. The smallest absolute Gasteiger partial charge is 0.254 e. The standard InChI is InChI=1S/C29H27N5O6/c1-39-20-6-5-18-15-34(27(37)21(18)12-20)17-29(14-26(36)32-28(29)38)24-13-22-23(40-24)7-8-25(31-22)33(10-11-35)16-19-4-2-3-9-30-19/h2-9,12-13,35H,10-11,14-17H2,1H3,(H,32,36,38)/t29-/m1/s1. The first-order chi connectivity index (χ1) is 19.4. The Hall–Kier alpha value is -4.77. The molecular formula is C29H27N5O6. The topological polar surface area (TPSA) is 138 Å². The molecule has 0 bridgehead atoms. The Kier molecular flexibility index (Phi) is 6.43. The van der Waals surface area contributed by atoms with Crippen LogP contribution in [0.4, 0.5) is 5.82 Å². The van der Waals surface area contributed by atoms with E-state index in [9.17, 15) is 19.5 Å². The molecule has 2 aliphatic rings. The highest BCUT2D eigenvalue weighted by atomic mass is 16.5. The van der Waals surface area contributed by atoms with E-state index in [1.807, 2.05) is 29.2 Å². The minimum absolute atomic E-state index is 0.0383. The fourth-order valence-electron chi connectivity index (χ4n) is 5.38. The molecule has 1 saturated heterocycles.